The van der Waals surface area contributed by atoms with Crippen molar-refractivity contribution in [2.75, 3.05) is 10.6 Å². The van der Waals surface area contributed by atoms with Gasteiger partial charge in [0.05, 0.1) is 23.3 Å². The minimum atomic E-state index is -0.413. The Morgan fingerprint density at radius 2 is 1.56 bits per heavy atom. The summed E-state index contributed by atoms with van der Waals surface area (Å²) in [7, 11) is 0. The normalized spacial score (nSPS) is 9.74. The summed E-state index contributed by atoms with van der Waals surface area (Å²) in [5, 5.41) is 23.7. The van der Waals surface area contributed by atoms with Gasteiger partial charge < -0.3 is 10.6 Å². The second-order valence-electron chi connectivity index (χ2n) is 5.65. The van der Waals surface area contributed by atoms with Gasteiger partial charge in [0, 0.05) is 17.4 Å². The van der Waals surface area contributed by atoms with Crippen LogP contribution in [0, 0.1) is 29.6 Å². The van der Waals surface area contributed by atoms with Crippen LogP contribution in [0.5, 0.6) is 0 Å². The molecule has 7 nitrogen and oxygen atoms in total. The minimum absolute atomic E-state index is 0.184. The van der Waals surface area contributed by atoms with Gasteiger partial charge in [0.1, 0.15) is 17.3 Å². The van der Waals surface area contributed by atoms with Crippen molar-refractivity contribution in [3.8, 4) is 12.1 Å². The first-order valence-corrected chi connectivity index (χ1v) is 8.02. The number of hydrogen-bond acceptors (Lipinski definition) is 6. The Kier molecular flexibility index (Phi) is 5.06. The van der Waals surface area contributed by atoms with Crippen molar-refractivity contribution >= 4 is 23.1 Å². The summed E-state index contributed by atoms with van der Waals surface area (Å²) in [6.07, 6.45) is 0. The predicted octanol–water partition coefficient (Wildman–Crippen LogP) is 3.52. The number of nitriles is 2. The lowest BCUT2D eigenvalue weighted by Gasteiger charge is -2.09. The van der Waals surface area contributed by atoms with Gasteiger partial charge in [0.2, 0.25) is 0 Å². The van der Waals surface area contributed by atoms with Crippen LogP contribution in [-0.4, -0.2) is 15.9 Å². The van der Waals surface area contributed by atoms with Gasteiger partial charge in [-0.15, -0.1) is 0 Å². The van der Waals surface area contributed by atoms with E-state index in [0.29, 0.717) is 34.1 Å². The molecule has 0 unspecified atom stereocenters. The molecule has 0 bridgehead atoms. The van der Waals surface area contributed by atoms with Gasteiger partial charge in [-0.05, 0) is 43.3 Å². The van der Waals surface area contributed by atoms with Crippen LogP contribution in [0.15, 0.2) is 54.6 Å². The van der Waals surface area contributed by atoms with Gasteiger partial charge in [-0.2, -0.15) is 10.5 Å². The largest absolute Gasteiger partial charge is 0.340 e. The van der Waals surface area contributed by atoms with Crippen molar-refractivity contribution < 1.29 is 4.79 Å². The fraction of sp³-hybridized carbons (Fsp3) is 0.0500. The van der Waals surface area contributed by atoms with E-state index >= 15 is 0 Å². The zero-order chi connectivity index (χ0) is 19.2. The van der Waals surface area contributed by atoms with Crippen LogP contribution in [0.4, 0.5) is 17.2 Å². The van der Waals surface area contributed by atoms with Crippen LogP contribution >= 0.6 is 0 Å². The quantitative estimate of drug-likeness (QED) is 0.741. The highest BCUT2D eigenvalue weighted by molar-refractivity contribution is 6.03. The predicted molar refractivity (Wildman–Crippen MR) is 100 cm³/mol. The van der Waals surface area contributed by atoms with Crippen LogP contribution in [0.25, 0.3) is 0 Å². The van der Waals surface area contributed by atoms with Gasteiger partial charge in [-0.1, -0.05) is 12.1 Å². The number of aryl methyl sites for hydroxylation is 1. The van der Waals surface area contributed by atoms with Crippen molar-refractivity contribution in [2.45, 2.75) is 6.92 Å². The smallest absolute Gasteiger partial charge is 0.274 e. The summed E-state index contributed by atoms with van der Waals surface area (Å²) < 4.78 is 0. The van der Waals surface area contributed by atoms with Gasteiger partial charge >= 0.3 is 0 Å². The minimum Gasteiger partial charge on any atom is -0.340 e. The number of carbonyl (C=O) groups is 1. The van der Waals surface area contributed by atoms with E-state index in [1.165, 1.54) is 6.07 Å². The first kappa shape index (κ1) is 17.6. The Balaban J connectivity index is 1.83. The van der Waals surface area contributed by atoms with Gasteiger partial charge in [-0.3, -0.25) is 4.79 Å². The molecule has 1 aromatic heterocycles. The maximum Gasteiger partial charge on any atom is 0.274 e. The molecule has 2 aromatic carbocycles. The van der Waals surface area contributed by atoms with Crippen molar-refractivity contribution in [3.05, 3.63) is 77.2 Å². The molecule has 3 aromatic rings. The Bertz CT molecular complexity index is 1090. The van der Waals surface area contributed by atoms with Crippen LogP contribution in [-0.2, 0) is 0 Å². The van der Waals surface area contributed by atoms with E-state index in [-0.39, 0.29) is 5.69 Å². The lowest BCUT2D eigenvalue weighted by Crippen LogP contribution is -2.15. The number of aromatic nitrogens is 2. The molecule has 130 valence electrons. The van der Waals surface area contributed by atoms with Crippen molar-refractivity contribution in [3.63, 3.8) is 0 Å². The molecule has 0 radical (unpaired) electrons. The van der Waals surface area contributed by atoms with Crippen LogP contribution in [0.2, 0.25) is 0 Å². The summed E-state index contributed by atoms with van der Waals surface area (Å²) >= 11 is 0. The highest BCUT2D eigenvalue weighted by Crippen LogP contribution is 2.18. The SMILES string of the molecule is Cc1nc(Nc2cccc(C#N)c2)cc(C(=O)Nc2cccc(C#N)c2)n1. The third-order valence-corrected chi connectivity index (χ3v) is 3.58. The second-order valence-corrected chi connectivity index (χ2v) is 5.65. The molecule has 1 amide bonds. The highest BCUT2D eigenvalue weighted by atomic mass is 16.1. The average Bonchev–Trinajstić information content (AvgIpc) is 2.67. The molecule has 0 aliphatic carbocycles. The molecule has 3 rings (SSSR count). The first-order chi connectivity index (χ1) is 13.1. The maximum atomic E-state index is 12.5. The molecule has 0 fully saturated rings. The molecule has 7 heteroatoms. The zero-order valence-corrected chi connectivity index (χ0v) is 14.4. The summed E-state index contributed by atoms with van der Waals surface area (Å²) in [6, 6.07) is 19.2. The zero-order valence-electron chi connectivity index (χ0n) is 14.4. The standard InChI is InChI=1S/C20H14N6O/c1-13-23-18(20(27)26-17-7-3-5-15(9-17)12-22)10-19(24-13)25-16-6-2-4-14(8-16)11-21/h2-10H,1H3,(H,26,27)(H,23,24,25). The number of anilines is 3. The van der Waals surface area contributed by atoms with E-state index in [0.717, 1.165) is 0 Å². The Labute approximate surface area is 155 Å². The van der Waals surface area contributed by atoms with Gasteiger partial charge in [0.25, 0.3) is 5.91 Å². The Hall–Kier alpha value is -4.23. The molecule has 0 saturated heterocycles. The number of benzene rings is 2. The number of nitrogens with zero attached hydrogens (tertiary/aromatic N) is 4. The fourth-order valence-electron chi connectivity index (χ4n) is 2.42. The van der Waals surface area contributed by atoms with E-state index in [4.69, 9.17) is 10.5 Å². The third-order valence-electron chi connectivity index (χ3n) is 3.58. The van der Waals surface area contributed by atoms with Gasteiger partial charge in [0.15, 0.2) is 0 Å². The molecule has 0 aliphatic rings. The van der Waals surface area contributed by atoms with E-state index in [1.54, 1.807) is 55.5 Å². The highest BCUT2D eigenvalue weighted by Gasteiger charge is 2.11. The first-order valence-electron chi connectivity index (χ1n) is 8.02. The van der Waals surface area contributed by atoms with Crippen molar-refractivity contribution in [1.29, 1.82) is 10.5 Å². The molecular weight excluding hydrogens is 340 g/mol. The fourth-order valence-corrected chi connectivity index (χ4v) is 2.42. The Morgan fingerprint density at radius 3 is 2.22 bits per heavy atom. The number of hydrogen-bond donors (Lipinski definition) is 2. The van der Waals surface area contributed by atoms with Crippen LogP contribution in [0.1, 0.15) is 27.4 Å². The summed E-state index contributed by atoms with van der Waals surface area (Å²) in [4.78, 5) is 21.0. The molecule has 2 N–H and O–H groups in total. The summed E-state index contributed by atoms with van der Waals surface area (Å²) in [5.74, 6) is 0.449. The molecule has 27 heavy (non-hydrogen) atoms. The summed E-state index contributed by atoms with van der Waals surface area (Å²) in [5.41, 5.74) is 2.34. The maximum absolute atomic E-state index is 12.5. The average molecular weight is 354 g/mol. The topological polar surface area (TPSA) is 114 Å². The van der Waals surface area contributed by atoms with E-state index in [2.05, 4.69) is 26.7 Å². The number of nitrogens with one attached hydrogen (secondary N) is 2. The number of rotatable bonds is 4. The lowest BCUT2D eigenvalue weighted by atomic mass is 10.2. The third kappa shape index (κ3) is 4.44. The van der Waals surface area contributed by atoms with E-state index in [1.807, 2.05) is 6.07 Å². The molecule has 0 spiro atoms. The number of carbonyl (C=O) groups excluding carboxylic acids is 1. The molecule has 0 saturated carbocycles. The van der Waals surface area contributed by atoms with E-state index < -0.39 is 5.91 Å². The lowest BCUT2D eigenvalue weighted by molar-refractivity contribution is 0.102. The van der Waals surface area contributed by atoms with Crippen molar-refractivity contribution in [1.82, 2.24) is 9.97 Å². The van der Waals surface area contributed by atoms with Crippen LogP contribution < -0.4 is 10.6 Å². The molecule has 0 atom stereocenters. The van der Waals surface area contributed by atoms with Gasteiger partial charge in [-0.25, -0.2) is 9.97 Å². The molecular formula is C20H14N6O. The van der Waals surface area contributed by atoms with E-state index in [9.17, 15) is 4.79 Å². The molecule has 1 heterocycles. The number of amides is 1. The summed E-state index contributed by atoms with van der Waals surface area (Å²) in [6.45, 7) is 1.68. The molecule has 0 aliphatic heterocycles. The van der Waals surface area contributed by atoms with Crippen LogP contribution in [0.3, 0.4) is 0 Å². The second kappa shape index (κ2) is 7.77. The monoisotopic (exact) mass is 354 g/mol. The Morgan fingerprint density at radius 1 is 0.926 bits per heavy atom. The van der Waals surface area contributed by atoms with Crippen molar-refractivity contribution in [2.24, 2.45) is 0 Å².